The van der Waals surface area contributed by atoms with Crippen molar-refractivity contribution in [3.05, 3.63) is 54.6 Å². The molecule has 0 aliphatic carbocycles. The lowest BCUT2D eigenvalue weighted by Gasteiger charge is -2.14. The van der Waals surface area contributed by atoms with Crippen molar-refractivity contribution in [1.29, 1.82) is 0 Å². The molecular weight excluding hydrogens is 278 g/mol. The molecule has 1 atom stereocenters. The molecule has 2 amide bonds. The Bertz CT molecular complexity index is 811. The number of carbonyl (C=O) groups excluding carboxylic acids is 1. The standard InChI is InChI=1S/C16H17N5O/c1-11(15-17-10-18-21(15)2)19-16(22)20-14-8-7-12-5-3-4-6-13(12)9-14/h3-11H,1-2H3,(H2,19,20,22). The molecule has 1 heterocycles. The predicted octanol–water partition coefficient (Wildman–Crippen LogP) is 2.85. The fraction of sp³-hybridized carbons (Fsp3) is 0.188. The van der Waals surface area contributed by atoms with Gasteiger partial charge in [-0.05, 0) is 29.8 Å². The highest BCUT2D eigenvalue weighted by atomic mass is 16.2. The third-order valence-electron chi connectivity index (χ3n) is 3.49. The second-order valence-electron chi connectivity index (χ2n) is 5.12. The largest absolute Gasteiger partial charge is 0.328 e. The second-order valence-corrected chi connectivity index (χ2v) is 5.12. The van der Waals surface area contributed by atoms with Crippen LogP contribution in [0.4, 0.5) is 10.5 Å². The van der Waals surface area contributed by atoms with Crippen LogP contribution < -0.4 is 10.6 Å². The number of nitrogens with zero attached hydrogens (tertiary/aromatic N) is 3. The first kappa shape index (κ1) is 14.1. The van der Waals surface area contributed by atoms with Crippen molar-refractivity contribution in [3.63, 3.8) is 0 Å². The van der Waals surface area contributed by atoms with Crippen LogP contribution in [-0.4, -0.2) is 20.8 Å². The lowest BCUT2D eigenvalue weighted by Crippen LogP contribution is -2.32. The summed E-state index contributed by atoms with van der Waals surface area (Å²) in [7, 11) is 1.79. The van der Waals surface area contributed by atoms with E-state index in [1.807, 2.05) is 49.4 Å². The van der Waals surface area contributed by atoms with Gasteiger partial charge in [-0.25, -0.2) is 9.78 Å². The number of aryl methyl sites for hydroxylation is 1. The van der Waals surface area contributed by atoms with Crippen LogP contribution in [0.1, 0.15) is 18.8 Å². The zero-order valence-corrected chi connectivity index (χ0v) is 12.4. The highest BCUT2D eigenvalue weighted by Crippen LogP contribution is 2.19. The Morgan fingerprint density at radius 3 is 2.68 bits per heavy atom. The van der Waals surface area contributed by atoms with Crippen LogP contribution in [0.5, 0.6) is 0 Å². The molecule has 6 heteroatoms. The van der Waals surface area contributed by atoms with Gasteiger partial charge in [-0.1, -0.05) is 30.3 Å². The zero-order chi connectivity index (χ0) is 15.5. The zero-order valence-electron chi connectivity index (χ0n) is 12.4. The Morgan fingerprint density at radius 1 is 1.18 bits per heavy atom. The normalized spacial score (nSPS) is 12.1. The van der Waals surface area contributed by atoms with Gasteiger partial charge in [0.25, 0.3) is 0 Å². The van der Waals surface area contributed by atoms with E-state index in [4.69, 9.17) is 0 Å². The summed E-state index contributed by atoms with van der Waals surface area (Å²) in [6.45, 7) is 1.87. The van der Waals surface area contributed by atoms with Crippen LogP contribution in [0.15, 0.2) is 48.8 Å². The van der Waals surface area contributed by atoms with E-state index in [9.17, 15) is 4.79 Å². The molecule has 2 N–H and O–H groups in total. The van der Waals surface area contributed by atoms with Crippen LogP contribution in [0.25, 0.3) is 10.8 Å². The highest BCUT2D eigenvalue weighted by molar-refractivity contribution is 5.93. The maximum atomic E-state index is 12.1. The number of nitrogens with one attached hydrogen (secondary N) is 2. The summed E-state index contributed by atoms with van der Waals surface area (Å²) in [5, 5.41) is 11.9. The van der Waals surface area contributed by atoms with E-state index in [0.717, 1.165) is 16.5 Å². The van der Waals surface area contributed by atoms with Crippen LogP contribution in [0.3, 0.4) is 0 Å². The lowest BCUT2D eigenvalue weighted by atomic mass is 10.1. The van der Waals surface area contributed by atoms with Crippen LogP contribution in [0.2, 0.25) is 0 Å². The average Bonchev–Trinajstić information content (AvgIpc) is 2.93. The number of rotatable bonds is 3. The summed E-state index contributed by atoms with van der Waals surface area (Å²) in [6, 6.07) is 13.3. The summed E-state index contributed by atoms with van der Waals surface area (Å²) in [5.74, 6) is 0.702. The van der Waals surface area contributed by atoms with E-state index in [1.165, 1.54) is 6.33 Å². The van der Waals surface area contributed by atoms with Gasteiger partial charge in [0, 0.05) is 12.7 Å². The minimum atomic E-state index is -0.272. The Labute approximate surface area is 128 Å². The molecule has 112 valence electrons. The minimum absolute atomic E-state index is 0.229. The Kier molecular flexibility index (Phi) is 3.74. The van der Waals surface area contributed by atoms with E-state index in [1.54, 1.807) is 11.7 Å². The maximum Gasteiger partial charge on any atom is 0.319 e. The van der Waals surface area contributed by atoms with Gasteiger partial charge in [-0.2, -0.15) is 5.10 Å². The molecule has 1 unspecified atom stereocenters. The quantitative estimate of drug-likeness (QED) is 0.780. The van der Waals surface area contributed by atoms with Gasteiger partial charge in [-0.15, -0.1) is 0 Å². The Morgan fingerprint density at radius 2 is 1.95 bits per heavy atom. The van der Waals surface area contributed by atoms with Crippen molar-refractivity contribution < 1.29 is 4.79 Å². The second kappa shape index (κ2) is 5.85. The number of aromatic nitrogens is 3. The van der Waals surface area contributed by atoms with Gasteiger partial charge in [0.2, 0.25) is 0 Å². The van der Waals surface area contributed by atoms with E-state index in [-0.39, 0.29) is 12.1 Å². The molecule has 22 heavy (non-hydrogen) atoms. The molecule has 0 saturated carbocycles. The molecular formula is C16H17N5O. The number of carbonyl (C=O) groups is 1. The van der Waals surface area contributed by atoms with Gasteiger partial charge in [0.15, 0.2) is 0 Å². The average molecular weight is 295 g/mol. The summed E-state index contributed by atoms with van der Waals surface area (Å²) in [5.41, 5.74) is 0.751. The fourth-order valence-electron chi connectivity index (χ4n) is 2.39. The first-order chi connectivity index (χ1) is 10.6. The minimum Gasteiger partial charge on any atom is -0.328 e. The van der Waals surface area contributed by atoms with Gasteiger partial charge in [-0.3, -0.25) is 4.68 Å². The molecule has 0 bridgehead atoms. The van der Waals surface area contributed by atoms with Crippen molar-refractivity contribution in [2.24, 2.45) is 7.05 Å². The molecule has 1 aromatic heterocycles. The molecule has 0 saturated heterocycles. The smallest absolute Gasteiger partial charge is 0.319 e. The molecule has 3 rings (SSSR count). The molecule has 2 aromatic carbocycles. The summed E-state index contributed by atoms with van der Waals surface area (Å²) < 4.78 is 1.64. The summed E-state index contributed by atoms with van der Waals surface area (Å²) in [6.07, 6.45) is 1.47. The number of fused-ring (bicyclic) bond motifs is 1. The summed E-state index contributed by atoms with van der Waals surface area (Å²) >= 11 is 0. The maximum absolute atomic E-state index is 12.1. The molecule has 3 aromatic rings. The van der Waals surface area contributed by atoms with Crippen molar-refractivity contribution >= 4 is 22.5 Å². The number of hydrogen-bond donors (Lipinski definition) is 2. The molecule has 0 fully saturated rings. The molecule has 0 spiro atoms. The SMILES string of the molecule is CC(NC(=O)Nc1ccc2ccccc2c1)c1ncnn1C. The topological polar surface area (TPSA) is 71.8 Å². The van der Waals surface area contributed by atoms with Crippen molar-refractivity contribution in [2.75, 3.05) is 5.32 Å². The Balaban J connectivity index is 1.69. The van der Waals surface area contributed by atoms with Gasteiger partial charge < -0.3 is 10.6 Å². The molecule has 0 aliphatic rings. The predicted molar refractivity (Wildman–Crippen MR) is 85.5 cm³/mol. The van der Waals surface area contributed by atoms with Crippen LogP contribution in [-0.2, 0) is 7.05 Å². The van der Waals surface area contributed by atoms with Crippen molar-refractivity contribution in [3.8, 4) is 0 Å². The van der Waals surface area contributed by atoms with Crippen molar-refractivity contribution in [2.45, 2.75) is 13.0 Å². The van der Waals surface area contributed by atoms with Gasteiger partial charge in [0.05, 0.1) is 6.04 Å². The van der Waals surface area contributed by atoms with E-state index in [2.05, 4.69) is 20.7 Å². The van der Waals surface area contributed by atoms with Gasteiger partial charge in [0.1, 0.15) is 12.2 Å². The van der Waals surface area contributed by atoms with E-state index >= 15 is 0 Å². The van der Waals surface area contributed by atoms with E-state index in [0.29, 0.717) is 5.82 Å². The van der Waals surface area contributed by atoms with Gasteiger partial charge >= 0.3 is 6.03 Å². The fourth-order valence-corrected chi connectivity index (χ4v) is 2.39. The monoisotopic (exact) mass is 295 g/mol. The van der Waals surface area contributed by atoms with Crippen LogP contribution >= 0.6 is 0 Å². The first-order valence-electron chi connectivity index (χ1n) is 7.04. The van der Waals surface area contributed by atoms with Crippen LogP contribution in [0, 0.1) is 0 Å². The van der Waals surface area contributed by atoms with E-state index < -0.39 is 0 Å². The number of benzene rings is 2. The number of hydrogen-bond acceptors (Lipinski definition) is 3. The lowest BCUT2D eigenvalue weighted by molar-refractivity contribution is 0.248. The highest BCUT2D eigenvalue weighted by Gasteiger charge is 2.14. The summed E-state index contributed by atoms with van der Waals surface area (Å²) in [4.78, 5) is 16.2. The Hall–Kier alpha value is -2.89. The molecule has 0 radical (unpaired) electrons. The first-order valence-corrected chi connectivity index (χ1v) is 7.04. The van der Waals surface area contributed by atoms with Crippen molar-refractivity contribution in [1.82, 2.24) is 20.1 Å². The molecule has 0 aliphatic heterocycles. The number of anilines is 1. The molecule has 6 nitrogen and oxygen atoms in total. The third kappa shape index (κ3) is 2.90. The number of urea groups is 1. The number of amides is 2. The third-order valence-corrected chi connectivity index (χ3v) is 3.49.